The van der Waals surface area contributed by atoms with Crippen molar-refractivity contribution in [2.24, 2.45) is 10.9 Å². The molecule has 0 aromatic heterocycles. The summed E-state index contributed by atoms with van der Waals surface area (Å²) in [5.41, 5.74) is 1.01. The molecule has 1 amide bonds. The number of hydrogen-bond donors (Lipinski definition) is 1. The van der Waals surface area contributed by atoms with Crippen LogP contribution in [0.25, 0.3) is 0 Å². The number of fused-ring (bicyclic) bond motifs is 1. The highest BCUT2D eigenvalue weighted by molar-refractivity contribution is 6.13. The van der Waals surface area contributed by atoms with Gasteiger partial charge in [0, 0.05) is 17.6 Å². The highest BCUT2D eigenvalue weighted by Gasteiger charge is 2.22. The Labute approximate surface area is 87.3 Å². The van der Waals surface area contributed by atoms with Gasteiger partial charge in [-0.25, -0.2) is 4.99 Å². The van der Waals surface area contributed by atoms with Crippen molar-refractivity contribution in [3.63, 3.8) is 0 Å². The summed E-state index contributed by atoms with van der Waals surface area (Å²) < 4.78 is 5.04. The van der Waals surface area contributed by atoms with E-state index >= 15 is 0 Å². The molecule has 4 nitrogen and oxygen atoms in total. The van der Waals surface area contributed by atoms with E-state index in [1.54, 1.807) is 19.3 Å². The molecule has 1 heterocycles. The van der Waals surface area contributed by atoms with Crippen LogP contribution in [-0.2, 0) is 9.53 Å². The summed E-state index contributed by atoms with van der Waals surface area (Å²) in [5.74, 6) is 0.285. The maximum atomic E-state index is 11.4. The van der Waals surface area contributed by atoms with Gasteiger partial charge in [0.1, 0.15) is 5.76 Å². The number of hydrogen-bond acceptors (Lipinski definition) is 3. The van der Waals surface area contributed by atoms with Crippen LogP contribution < -0.4 is 0 Å². The van der Waals surface area contributed by atoms with Crippen LogP contribution in [0.1, 0.15) is 0 Å². The molecule has 1 aliphatic carbocycles. The Morgan fingerprint density at radius 3 is 3.07 bits per heavy atom. The topological polar surface area (TPSA) is 58.9 Å². The molecular formula is C11H11NO3. The molecule has 0 aromatic rings. The van der Waals surface area contributed by atoms with Crippen LogP contribution in [0.2, 0.25) is 0 Å². The molecule has 2 aliphatic rings. The Kier molecular flexibility index (Phi) is 2.51. The van der Waals surface area contributed by atoms with Gasteiger partial charge >= 0.3 is 0 Å². The number of nitrogens with zero attached hydrogens (tertiary/aromatic N) is 1. The highest BCUT2D eigenvalue weighted by Crippen LogP contribution is 2.22. The number of methoxy groups -OCH3 is 1. The van der Waals surface area contributed by atoms with E-state index in [9.17, 15) is 4.79 Å². The second-order valence-electron chi connectivity index (χ2n) is 3.33. The summed E-state index contributed by atoms with van der Waals surface area (Å²) in [4.78, 5) is 15.3. The first-order valence-electron chi connectivity index (χ1n) is 4.63. The molecule has 0 bridgehead atoms. The molecule has 0 fully saturated rings. The van der Waals surface area contributed by atoms with Crippen LogP contribution in [-0.4, -0.2) is 30.4 Å². The predicted molar refractivity (Wildman–Crippen MR) is 55.3 cm³/mol. The van der Waals surface area contributed by atoms with Crippen molar-refractivity contribution >= 4 is 11.6 Å². The second-order valence-corrected chi connectivity index (χ2v) is 3.33. The minimum atomic E-state index is -0.370. The number of amides is 1. The Hall–Kier alpha value is -1.68. The van der Waals surface area contributed by atoms with Gasteiger partial charge in [0.2, 0.25) is 0 Å². The lowest BCUT2D eigenvalue weighted by atomic mass is 9.92. The van der Waals surface area contributed by atoms with Gasteiger partial charge in [-0.05, 0) is 6.08 Å². The van der Waals surface area contributed by atoms with Gasteiger partial charge in [-0.15, -0.1) is 0 Å². The fraction of sp³-hybridized carbons (Fsp3) is 0.273. The smallest absolute Gasteiger partial charge is 0.275 e. The first-order valence-corrected chi connectivity index (χ1v) is 4.63. The molecule has 15 heavy (non-hydrogen) atoms. The van der Waals surface area contributed by atoms with Crippen molar-refractivity contribution in [2.45, 2.75) is 0 Å². The molecule has 1 unspecified atom stereocenters. The third-order valence-electron chi connectivity index (χ3n) is 2.39. The molecule has 0 aromatic carbocycles. The molecule has 0 saturated carbocycles. The van der Waals surface area contributed by atoms with Gasteiger partial charge in [0.05, 0.1) is 19.4 Å². The van der Waals surface area contributed by atoms with Crippen molar-refractivity contribution < 1.29 is 14.6 Å². The molecule has 78 valence electrons. The molecule has 1 N–H and O–H groups in total. The van der Waals surface area contributed by atoms with E-state index in [1.165, 1.54) is 0 Å². The Morgan fingerprint density at radius 1 is 1.60 bits per heavy atom. The molecule has 1 aliphatic heterocycles. The number of aliphatic hydroxyl groups excluding tert-OH is 1. The monoisotopic (exact) mass is 205 g/mol. The van der Waals surface area contributed by atoms with Gasteiger partial charge in [-0.2, -0.15) is 0 Å². The molecule has 0 spiro atoms. The number of dihydropyridines is 1. The molecule has 4 heteroatoms. The predicted octanol–water partition coefficient (Wildman–Crippen LogP) is 0.603. The first kappa shape index (κ1) is 9.86. The van der Waals surface area contributed by atoms with E-state index in [1.807, 2.05) is 12.2 Å². The van der Waals surface area contributed by atoms with E-state index in [2.05, 4.69) is 4.99 Å². The Bertz CT molecular complexity index is 416. The third-order valence-corrected chi connectivity index (χ3v) is 2.39. The molecule has 0 saturated heterocycles. The van der Waals surface area contributed by atoms with E-state index in [0.29, 0.717) is 17.0 Å². The van der Waals surface area contributed by atoms with Crippen LogP contribution in [0.4, 0.5) is 0 Å². The van der Waals surface area contributed by atoms with Crippen molar-refractivity contribution in [1.29, 1.82) is 0 Å². The maximum absolute atomic E-state index is 11.4. The average molecular weight is 205 g/mol. The zero-order chi connectivity index (χ0) is 10.8. The zero-order valence-corrected chi connectivity index (χ0v) is 8.30. The van der Waals surface area contributed by atoms with E-state index in [-0.39, 0.29) is 18.4 Å². The van der Waals surface area contributed by atoms with Gasteiger partial charge in [-0.3, -0.25) is 4.79 Å². The highest BCUT2D eigenvalue weighted by atomic mass is 16.5. The van der Waals surface area contributed by atoms with Gasteiger partial charge in [0.25, 0.3) is 5.91 Å². The van der Waals surface area contributed by atoms with Crippen molar-refractivity contribution in [3.05, 3.63) is 35.6 Å². The van der Waals surface area contributed by atoms with E-state index in [0.717, 1.165) is 0 Å². The van der Waals surface area contributed by atoms with Crippen LogP contribution in [0, 0.1) is 5.92 Å². The van der Waals surface area contributed by atoms with Crippen LogP contribution in [0.15, 0.2) is 40.6 Å². The fourth-order valence-electron chi connectivity index (χ4n) is 1.56. The number of aliphatic hydroxyl groups is 1. The minimum Gasteiger partial charge on any atom is -0.497 e. The number of carbonyl (C=O) groups is 1. The summed E-state index contributed by atoms with van der Waals surface area (Å²) in [6.45, 7) is -0.263. The average Bonchev–Trinajstić information content (AvgIpc) is 2.27. The third kappa shape index (κ3) is 1.76. The molecule has 1 atom stereocenters. The van der Waals surface area contributed by atoms with Gasteiger partial charge in [-0.1, -0.05) is 12.2 Å². The summed E-state index contributed by atoms with van der Waals surface area (Å²) in [6, 6.07) is 0. The zero-order valence-electron chi connectivity index (χ0n) is 8.30. The number of allylic oxidation sites excluding steroid dienone is 4. The number of carbonyl (C=O) groups excluding carboxylic acids is 1. The Balaban J connectivity index is 2.32. The molecule has 2 rings (SSSR count). The lowest BCUT2D eigenvalue weighted by Gasteiger charge is -2.19. The van der Waals surface area contributed by atoms with Crippen molar-refractivity contribution in [3.8, 4) is 0 Å². The summed E-state index contributed by atoms with van der Waals surface area (Å²) in [6.07, 6.45) is 7.17. The van der Waals surface area contributed by atoms with E-state index < -0.39 is 0 Å². The number of aliphatic imine (C=N–C) groups is 1. The van der Waals surface area contributed by atoms with Crippen molar-refractivity contribution in [1.82, 2.24) is 0 Å². The van der Waals surface area contributed by atoms with Crippen LogP contribution >= 0.6 is 0 Å². The largest absolute Gasteiger partial charge is 0.497 e. The number of rotatable bonds is 2. The van der Waals surface area contributed by atoms with Gasteiger partial charge < -0.3 is 9.84 Å². The van der Waals surface area contributed by atoms with E-state index in [4.69, 9.17) is 9.84 Å². The molecular weight excluding hydrogens is 194 g/mol. The maximum Gasteiger partial charge on any atom is 0.275 e. The van der Waals surface area contributed by atoms with Crippen LogP contribution in [0.3, 0.4) is 0 Å². The minimum absolute atomic E-state index is 0.0243. The number of ether oxygens (including phenoxy) is 1. The summed E-state index contributed by atoms with van der Waals surface area (Å²) in [5, 5.41) is 8.93. The summed E-state index contributed by atoms with van der Waals surface area (Å²) >= 11 is 0. The Morgan fingerprint density at radius 2 is 2.40 bits per heavy atom. The standard InChI is InChI=1S/C11H11NO3/c1-15-9-3-2-7-4-8(6-13)11(14)12-10(7)5-9/h2-5,7,13H,6H2,1H3. The van der Waals surface area contributed by atoms with Crippen molar-refractivity contribution in [2.75, 3.05) is 13.7 Å². The normalized spacial score (nSPS) is 24.0. The van der Waals surface area contributed by atoms with Gasteiger partial charge in [0.15, 0.2) is 0 Å². The first-order chi connectivity index (χ1) is 7.24. The second kappa shape index (κ2) is 3.82. The lowest BCUT2D eigenvalue weighted by Crippen LogP contribution is -2.21. The molecule has 0 radical (unpaired) electrons. The fourth-order valence-corrected chi connectivity index (χ4v) is 1.56. The quantitative estimate of drug-likeness (QED) is 0.718. The van der Waals surface area contributed by atoms with Crippen LogP contribution in [0.5, 0.6) is 0 Å². The lowest BCUT2D eigenvalue weighted by molar-refractivity contribution is -0.114. The summed E-state index contributed by atoms with van der Waals surface area (Å²) in [7, 11) is 1.57. The SMILES string of the molecule is COC1=CC2=NC(=O)C(CO)=CC2C=C1.